The van der Waals surface area contributed by atoms with Gasteiger partial charge in [0.05, 0.1) is 6.61 Å². The summed E-state index contributed by atoms with van der Waals surface area (Å²) in [7, 11) is 0. The molecule has 1 rings (SSSR count). The summed E-state index contributed by atoms with van der Waals surface area (Å²) in [5.74, 6) is -2.15. The highest BCUT2D eigenvalue weighted by atomic mass is 16.5. The van der Waals surface area contributed by atoms with E-state index in [0.717, 1.165) is 0 Å². The van der Waals surface area contributed by atoms with Crippen molar-refractivity contribution in [2.75, 3.05) is 6.61 Å². The van der Waals surface area contributed by atoms with Gasteiger partial charge in [-0.15, -0.1) is 0 Å². The van der Waals surface area contributed by atoms with Crippen LogP contribution in [0.4, 0.5) is 0 Å². The molecule has 0 aromatic rings. The summed E-state index contributed by atoms with van der Waals surface area (Å²) in [4.78, 5) is 34.2. The Balaban J connectivity index is 2.71. The fraction of sp³-hybridized carbons (Fsp3) is 0.700. The van der Waals surface area contributed by atoms with E-state index in [1.807, 2.05) is 0 Å². The summed E-state index contributed by atoms with van der Waals surface area (Å²) in [6, 6.07) is -1.13. The van der Waals surface area contributed by atoms with Crippen LogP contribution in [0, 0.1) is 5.92 Å². The number of carbonyl (C=O) groups excluding carboxylic acids is 3. The minimum Gasteiger partial charge on any atom is -0.465 e. The zero-order chi connectivity index (χ0) is 11.4. The van der Waals surface area contributed by atoms with Gasteiger partial charge < -0.3 is 10.5 Å². The van der Waals surface area contributed by atoms with Crippen molar-refractivity contribution in [1.29, 1.82) is 0 Å². The van der Waals surface area contributed by atoms with Gasteiger partial charge in [0, 0.05) is 12.8 Å². The molecule has 15 heavy (non-hydrogen) atoms. The molecule has 0 bridgehead atoms. The van der Waals surface area contributed by atoms with Crippen LogP contribution >= 0.6 is 0 Å². The summed E-state index contributed by atoms with van der Waals surface area (Å²) in [5, 5.41) is 0. The molecule has 2 N–H and O–H groups in total. The summed E-state index contributed by atoms with van der Waals surface area (Å²) in [5.41, 5.74) is 5.54. The van der Waals surface area contributed by atoms with Crippen LogP contribution in [0.5, 0.6) is 0 Å². The Morgan fingerprint density at radius 3 is 2.47 bits per heavy atom. The minimum absolute atomic E-state index is 0.196. The Morgan fingerprint density at radius 2 is 2.00 bits per heavy atom. The number of carbonyl (C=O) groups is 3. The molecule has 0 heterocycles. The lowest BCUT2D eigenvalue weighted by atomic mass is 9.82. The topological polar surface area (TPSA) is 86.5 Å². The van der Waals surface area contributed by atoms with Crippen molar-refractivity contribution < 1.29 is 19.1 Å². The van der Waals surface area contributed by atoms with Crippen molar-refractivity contribution in [2.45, 2.75) is 32.2 Å². The molecule has 0 spiro atoms. The Hall–Kier alpha value is -1.23. The first-order valence-electron chi connectivity index (χ1n) is 5.05. The first kappa shape index (κ1) is 11.8. The number of rotatable bonds is 3. The van der Waals surface area contributed by atoms with Gasteiger partial charge in [0.25, 0.3) is 0 Å². The molecule has 0 amide bonds. The standard InChI is InChI=1S/C10H15NO4/c1-2-15-10(14)9(11)8-6(12)4-3-5-7(8)13/h8-9H,2-5,11H2,1H3. The minimum atomic E-state index is -1.13. The van der Waals surface area contributed by atoms with E-state index in [2.05, 4.69) is 4.74 Å². The van der Waals surface area contributed by atoms with Crippen LogP contribution < -0.4 is 5.73 Å². The van der Waals surface area contributed by atoms with E-state index < -0.39 is 17.9 Å². The third-order valence-corrected chi connectivity index (χ3v) is 2.46. The van der Waals surface area contributed by atoms with Gasteiger partial charge >= 0.3 is 5.97 Å². The van der Waals surface area contributed by atoms with Crippen molar-refractivity contribution in [3.8, 4) is 0 Å². The molecular weight excluding hydrogens is 198 g/mol. The normalized spacial score (nSPS) is 20.1. The van der Waals surface area contributed by atoms with Crippen LogP contribution in [0.2, 0.25) is 0 Å². The maximum atomic E-state index is 11.4. The molecule has 84 valence electrons. The van der Waals surface area contributed by atoms with Crippen LogP contribution in [0.15, 0.2) is 0 Å². The Morgan fingerprint density at radius 1 is 1.47 bits per heavy atom. The van der Waals surface area contributed by atoms with Gasteiger partial charge in [-0.25, -0.2) is 0 Å². The Kier molecular flexibility index (Phi) is 3.96. The predicted octanol–water partition coefficient (Wildman–Crippen LogP) is -0.185. The predicted molar refractivity (Wildman–Crippen MR) is 52.0 cm³/mol. The molecular formula is C10H15NO4. The van der Waals surface area contributed by atoms with Gasteiger partial charge in [0.2, 0.25) is 0 Å². The van der Waals surface area contributed by atoms with E-state index in [4.69, 9.17) is 5.73 Å². The number of hydrogen-bond donors (Lipinski definition) is 1. The second-order valence-corrected chi connectivity index (χ2v) is 3.54. The van der Waals surface area contributed by atoms with Gasteiger partial charge in [0.1, 0.15) is 23.5 Å². The Labute approximate surface area is 88.0 Å². The zero-order valence-electron chi connectivity index (χ0n) is 8.69. The average Bonchev–Trinajstić information content (AvgIpc) is 2.17. The quantitative estimate of drug-likeness (QED) is 0.519. The van der Waals surface area contributed by atoms with Gasteiger partial charge in [0.15, 0.2) is 0 Å². The van der Waals surface area contributed by atoms with E-state index in [1.165, 1.54) is 0 Å². The number of Topliss-reactive ketones (excluding diaryl/α,β-unsaturated/α-hetero) is 2. The van der Waals surface area contributed by atoms with E-state index >= 15 is 0 Å². The van der Waals surface area contributed by atoms with Crippen LogP contribution in [0.1, 0.15) is 26.2 Å². The highest BCUT2D eigenvalue weighted by molar-refractivity contribution is 6.08. The lowest BCUT2D eigenvalue weighted by Gasteiger charge is -2.23. The largest absolute Gasteiger partial charge is 0.465 e. The second-order valence-electron chi connectivity index (χ2n) is 3.54. The number of ketones is 2. The summed E-state index contributed by atoms with van der Waals surface area (Å²) < 4.78 is 4.69. The highest BCUT2D eigenvalue weighted by Crippen LogP contribution is 2.20. The smallest absolute Gasteiger partial charge is 0.324 e. The third kappa shape index (κ3) is 2.62. The maximum Gasteiger partial charge on any atom is 0.324 e. The van der Waals surface area contributed by atoms with Crippen molar-refractivity contribution in [1.82, 2.24) is 0 Å². The molecule has 5 heteroatoms. The monoisotopic (exact) mass is 213 g/mol. The first-order chi connectivity index (χ1) is 7.07. The number of hydrogen-bond acceptors (Lipinski definition) is 5. The summed E-state index contributed by atoms with van der Waals surface area (Å²) in [6.45, 7) is 1.84. The highest BCUT2D eigenvalue weighted by Gasteiger charge is 2.38. The molecule has 1 atom stereocenters. The van der Waals surface area contributed by atoms with Gasteiger partial charge in [-0.2, -0.15) is 0 Å². The van der Waals surface area contributed by atoms with Crippen molar-refractivity contribution >= 4 is 17.5 Å². The molecule has 0 aromatic carbocycles. The van der Waals surface area contributed by atoms with E-state index in [-0.39, 0.29) is 18.2 Å². The van der Waals surface area contributed by atoms with E-state index in [0.29, 0.717) is 19.3 Å². The molecule has 1 aliphatic rings. The molecule has 0 aliphatic heterocycles. The summed E-state index contributed by atoms with van der Waals surface area (Å²) in [6.07, 6.45) is 1.21. The first-order valence-corrected chi connectivity index (χ1v) is 5.05. The van der Waals surface area contributed by atoms with Crippen LogP contribution in [-0.4, -0.2) is 30.2 Å². The number of nitrogens with two attached hydrogens (primary N) is 1. The van der Waals surface area contributed by atoms with Crippen molar-refractivity contribution in [3.63, 3.8) is 0 Å². The molecule has 0 saturated heterocycles. The second kappa shape index (κ2) is 5.02. The SMILES string of the molecule is CCOC(=O)C(N)C1C(=O)CCCC1=O. The molecule has 1 unspecified atom stereocenters. The molecule has 5 nitrogen and oxygen atoms in total. The zero-order valence-corrected chi connectivity index (χ0v) is 8.69. The average molecular weight is 213 g/mol. The number of esters is 1. The van der Waals surface area contributed by atoms with Gasteiger partial charge in [-0.05, 0) is 13.3 Å². The van der Waals surface area contributed by atoms with Crippen molar-refractivity contribution in [2.24, 2.45) is 11.7 Å². The van der Waals surface area contributed by atoms with Crippen LogP contribution in [0.3, 0.4) is 0 Å². The van der Waals surface area contributed by atoms with Gasteiger partial charge in [-0.3, -0.25) is 14.4 Å². The molecule has 1 aliphatic carbocycles. The van der Waals surface area contributed by atoms with E-state index in [9.17, 15) is 14.4 Å². The fourth-order valence-electron chi connectivity index (χ4n) is 1.70. The maximum absolute atomic E-state index is 11.4. The summed E-state index contributed by atoms with van der Waals surface area (Å²) >= 11 is 0. The molecule has 1 saturated carbocycles. The number of ether oxygens (including phenoxy) is 1. The molecule has 1 fully saturated rings. The van der Waals surface area contributed by atoms with Gasteiger partial charge in [-0.1, -0.05) is 0 Å². The van der Waals surface area contributed by atoms with E-state index in [1.54, 1.807) is 6.92 Å². The lowest BCUT2D eigenvalue weighted by molar-refractivity contribution is -0.151. The van der Waals surface area contributed by atoms with Crippen LogP contribution in [-0.2, 0) is 19.1 Å². The molecule has 0 radical (unpaired) electrons. The van der Waals surface area contributed by atoms with Crippen LogP contribution in [0.25, 0.3) is 0 Å². The van der Waals surface area contributed by atoms with Crippen molar-refractivity contribution in [3.05, 3.63) is 0 Å². The third-order valence-electron chi connectivity index (χ3n) is 2.46. The fourth-order valence-corrected chi connectivity index (χ4v) is 1.70. The Bertz CT molecular complexity index is 271. The molecule has 0 aromatic heterocycles. The lowest BCUT2D eigenvalue weighted by Crippen LogP contribution is -2.48.